The molecule has 0 radical (unpaired) electrons. The van der Waals surface area contributed by atoms with Crippen LogP contribution in [0.2, 0.25) is 0 Å². The van der Waals surface area contributed by atoms with Gasteiger partial charge in [-0.2, -0.15) is 0 Å². The molecule has 2 aliphatic rings. The third-order valence-electron chi connectivity index (χ3n) is 4.67. The first-order valence-electron chi connectivity index (χ1n) is 7.97. The maximum Gasteiger partial charge on any atom is 0.244 e. The summed E-state index contributed by atoms with van der Waals surface area (Å²) in [7, 11) is 1.59. The zero-order valence-electron chi connectivity index (χ0n) is 12.8. The summed E-state index contributed by atoms with van der Waals surface area (Å²) in [6.07, 6.45) is 5.08. The molecule has 3 N–H and O–H groups in total. The van der Waals surface area contributed by atoms with Crippen molar-refractivity contribution in [3.8, 4) is 0 Å². The van der Waals surface area contributed by atoms with E-state index in [0.717, 1.165) is 25.7 Å². The number of amides is 2. The molecule has 1 aliphatic heterocycles. The number of carbonyl (C=O) groups is 2. The summed E-state index contributed by atoms with van der Waals surface area (Å²) in [4.78, 5) is 26.4. The summed E-state index contributed by atoms with van der Waals surface area (Å²) in [5, 5.41) is 2.62. The molecule has 0 spiro atoms. The van der Waals surface area contributed by atoms with E-state index in [0.29, 0.717) is 32.2 Å². The molecule has 1 heterocycles. The molecule has 1 saturated carbocycles. The number of hydrogen-bond donors (Lipinski definition) is 2. The Morgan fingerprint density at radius 3 is 2.90 bits per heavy atom. The van der Waals surface area contributed by atoms with Crippen molar-refractivity contribution in [3.05, 3.63) is 0 Å². The van der Waals surface area contributed by atoms with Gasteiger partial charge in [-0.05, 0) is 31.7 Å². The van der Waals surface area contributed by atoms with Gasteiger partial charge in [-0.25, -0.2) is 0 Å². The fourth-order valence-corrected chi connectivity index (χ4v) is 3.50. The minimum Gasteiger partial charge on any atom is -0.377 e. The molecule has 6 nitrogen and oxygen atoms in total. The van der Waals surface area contributed by atoms with E-state index in [1.807, 2.05) is 0 Å². The molecule has 6 heteroatoms. The highest BCUT2D eigenvalue weighted by atomic mass is 16.5. The Morgan fingerprint density at radius 1 is 1.38 bits per heavy atom. The van der Waals surface area contributed by atoms with Crippen molar-refractivity contribution in [1.29, 1.82) is 0 Å². The molecule has 0 bridgehead atoms. The lowest BCUT2D eigenvalue weighted by Gasteiger charge is -2.38. The summed E-state index contributed by atoms with van der Waals surface area (Å²) < 4.78 is 5.36. The maximum absolute atomic E-state index is 12.8. The van der Waals surface area contributed by atoms with Gasteiger partial charge in [0, 0.05) is 19.5 Å². The van der Waals surface area contributed by atoms with Crippen LogP contribution in [0, 0.1) is 11.8 Å². The predicted octanol–water partition coefficient (Wildman–Crippen LogP) is 0.115. The van der Waals surface area contributed by atoms with Crippen LogP contribution < -0.4 is 11.1 Å². The summed E-state index contributed by atoms with van der Waals surface area (Å²) in [6, 6.07) is -0.480. The summed E-state index contributed by atoms with van der Waals surface area (Å²) >= 11 is 0. The van der Waals surface area contributed by atoms with Gasteiger partial charge in [-0.3, -0.25) is 9.59 Å². The number of nitrogens with zero attached hydrogens (tertiary/aromatic N) is 1. The number of nitrogens with one attached hydrogen (secondary N) is 1. The van der Waals surface area contributed by atoms with Gasteiger partial charge in [0.25, 0.3) is 0 Å². The molecule has 2 fully saturated rings. The van der Waals surface area contributed by atoms with E-state index in [4.69, 9.17) is 10.5 Å². The molecule has 0 aromatic carbocycles. The second-order valence-electron chi connectivity index (χ2n) is 6.04. The number of morpholine rings is 1. The minimum absolute atomic E-state index is 0.0422. The molecular formula is C15H27N3O3. The lowest BCUT2D eigenvalue weighted by Crippen LogP contribution is -2.57. The van der Waals surface area contributed by atoms with Gasteiger partial charge in [0.2, 0.25) is 11.8 Å². The van der Waals surface area contributed by atoms with Crippen molar-refractivity contribution in [3.63, 3.8) is 0 Å². The quantitative estimate of drug-likeness (QED) is 0.771. The van der Waals surface area contributed by atoms with Gasteiger partial charge in [0.15, 0.2) is 0 Å². The van der Waals surface area contributed by atoms with Crippen molar-refractivity contribution < 1.29 is 14.3 Å². The molecule has 0 aromatic heterocycles. The number of carbonyl (C=O) groups excluding carboxylic acids is 2. The third kappa shape index (κ3) is 3.95. The van der Waals surface area contributed by atoms with Crippen LogP contribution in [-0.2, 0) is 14.3 Å². The molecule has 0 aromatic rings. The van der Waals surface area contributed by atoms with Gasteiger partial charge in [0.1, 0.15) is 6.04 Å². The van der Waals surface area contributed by atoms with Crippen LogP contribution in [0.3, 0.4) is 0 Å². The first kappa shape index (κ1) is 16.2. The highest BCUT2D eigenvalue weighted by Crippen LogP contribution is 2.32. The molecule has 3 atom stereocenters. The number of hydrogen-bond acceptors (Lipinski definition) is 4. The molecular weight excluding hydrogens is 270 g/mol. The summed E-state index contributed by atoms with van der Waals surface area (Å²) in [6.45, 7) is 2.00. The Morgan fingerprint density at radius 2 is 2.19 bits per heavy atom. The zero-order chi connectivity index (χ0) is 15.2. The standard InChI is InChI=1S/C15H27N3O3/c1-17-14(19)13-10-21-8-7-18(13)15(20)12-4-2-3-11(9-12)5-6-16/h11-13H,2-10,16H2,1H3,(H,17,19). The Labute approximate surface area is 126 Å². The zero-order valence-corrected chi connectivity index (χ0v) is 12.8. The number of rotatable bonds is 4. The predicted molar refractivity (Wildman–Crippen MR) is 79.5 cm³/mol. The first-order valence-corrected chi connectivity index (χ1v) is 7.97. The van der Waals surface area contributed by atoms with Crippen molar-refractivity contribution in [2.45, 2.75) is 38.1 Å². The van der Waals surface area contributed by atoms with Gasteiger partial charge in [0.05, 0.1) is 13.2 Å². The third-order valence-corrected chi connectivity index (χ3v) is 4.67. The van der Waals surface area contributed by atoms with E-state index < -0.39 is 6.04 Å². The summed E-state index contributed by atoms with van der Waals surface area (Å²) in [5.74, 6) is 0.573. The Bertz CT molecular complexity index is 373. The topological polar surface area (TPSA) is 84.7 Å². The molecule has 3 unspecified atom stereocenters. The Hall–Kier alpha value is -1.14. The fraction of sp³-hybridized carbons (Fsp3) is 0.867. The van der Waals surface area contributed by atoms with Gasteiger partial charge >= 0.3 is 0 Å². The molecule has 2 rings (SSSR count). The lowest BCUT2D eigenvalue weighted by molar-refractivity contribution is -0.152. The largest absolute Gasteiger partial charge is 0.377 e. The monoisotopic (exact) mass is 297 g/mol. The van der Waals surface area contributed by atoms with E-state index in [9.17, 15) is 9.59 Å². The smallest absolute Gasteiger partial charge is 0.244 e. The van der Waals surface area contributed by atoms with Crippen LogP contribution in [0.1, 0.15) is 32.1 Å². The number of ether oxygens (including phenoxy) is 1. The summed E-state index contributed by atoms with van der Waals surface area (Å²) in [5.41, 5.74) is 5.64. The van der Waals surface area contributed by atoms with Crippen LogP contribution >= 0.6 is 0 Å². The number of likely N-dealkylation sites (N-methyl/N-ethyl adjacent to an activating group) is 1. The second-order valence-corrected chi connectivity index (χ2v) is 6.04. The highest BCUT2D eigenvalue weighted by Gasteiger charge is 2.37. The Balaban J connectivity index is 2.01. The first-order chi connectivity index (χ1) is 10.2. The van der Waals surface area contributed by atoms with E-state index in [2.05, 4.69) is 5.32 Å². The molecule has 21 heavy (non-hydrogen) atoms. The number of nitrogens with two attached hydrogens (primary N) is 1. The Kier molecular flexibility index (Phi) is 5.99. The second kappa shape index (κ2) is 7.75. The van der Waals surface area contributed by atoms with E-state index in [1.54, 1.807) is 11.9 Å². The molecule has 2 amide bonds. The van der Waals surface area contributed by atoms with E-state index in [1.165, 1.54) is 6.42 Å². The van der Waals surface area contributed by atoms with Crippen LogP contribution in [-0.4, -0.2) is 56.1 Å². The molecule has 120 valence electrons. The van der Waals surface area contributed by atoms with Crippen molar-refractivity contribution >= 4 is 11.8 Å². The average molecular weight is 297 g/mol. The van der Waals surface area contributed by atoms with E-state index in [-0.39, 0.29) is 17.7 Å². The van der Waals surface area contributed by atoms with Crippen LogP contribution in [0.4, 0.5) is 0 Å². The van der Waals surface area contributed by atoms with Crippen LogP contribution in [0.15, 0.2) is 0 Å². The van der Waals surface area contributed by atoms with Crippen LogP contribution in [0.25, 0.3) is 0 Å². The van der Waals surface area contributed by atoms with Crippen molar-refractivity contribution in [2.75, 3.05) is 33.4 Å². The highest BCUT2D eigenvalue weighted by molar-refractivity contribution is 5.88. The normalized spacial score (nSPS) is 30.0. The maximum atomic E-state index is 12.8. The van der Waals surface area contributed by atoms with Gasteiger partial charge < -0.3 is 20.7 Å². The average Bonchev–Trinajstić information content (AvgIpc) is 2.54. The van der Waals surface area contributed by atoms with Crippen molar-refractivity contribution in [1.82, 2.24) is 10.2 Å². The fourth-order valence-electron chi connectivity index (χ4n) is 3.50. The van der Waals surface area contributed by atoms with E-state index >= 15 is 0 Å². The molecule has 1 saturated heterocycles. The van der Waals surface area contributed by atoms with Gasteiger partial charge in [-0.15, -0.1) is 0 Å². The van der Waals surface area contributed by atoms with Gasteiger partial charge in [-0.1, -0.05) is 12.8 Å². The lowest BCUT2D eigenvalue weighted by atomic mass is 9.79. The SMILES string of the molecule is CNC(=O)C1COCCN1C(=O)C1CCCC(CCN)C1. The van der Waals surface area contributed by atoms with Crippen molar-refractivity contribution in [2.24, 2.45) is 17.6 Å². The molecule has 1 aliphatic carbocycles. The minimum atomic E-state index is -0.480. The van der Waals surface area contributed by atoms with Crippen LogP contribution in [0.5, 0.6) is 0 Å².